The Balaban J connectivity index is 1.47. The number of hydrogen-bond acceptors (Lipinski definition) is 3. The van der Waals surface area contributed by atoms with Crippen LogP contribution >= 0.6 is 0 Å². The van der Waals surface area contributed by atoms with Gasteiger partial charge in [-0.1, -0.05) is 38.1 Å². The van der Waals surface area contributed by atoms with Crippen molar-refractivity contribution in [2.45, 2.75) is 39.3 Å². The van der Waals surface area contributed by atoms with Crippen molar-refractivity contribution in [3.05, 3.63) is 65.0 Å². The van der Waals surface area contributed by atoms with E-state index in [4.69, 9.17) is 4.98 Å². The Morgan fingerprint density at radius 1 is 1.20 bits per heavy atom. The number of benzene rings is 2. The summed E-state index contributed by atoms with van der Waals surface area (Å²) in [6.07, 6.45) is 1.80. The van der Waals surface area contributed by atoms with E-state index < -0.39 is 0 Å². The topological polar surface area (TPSA) is 69.3 Å². The van der Waals surface area contributed by atoms with E-state index in [-0.39, 0.29) is 17.9 Å². The van der Waals surface area contributed by atoms with Gasteiger partial charge in [0.25, 0.3) is 11.8 Å². The minimum absolute atomic E-state index is 0.0258. The van der Waals surface area contributed by atoms with Gasteiger partial charge in [0.05, 0.1) is 28.2 Å². The van der Waals surface area contributed by atoms with Crippen LogP contribution < -0.4 is 0 Å². The first kappa shape index (κ1) is 18.9. The molecule has 3 aromatic rings. The number of rotatable bonds is 4. The summed E-state index contributed by atoms with van der Waals surface area (Å²) in [7, 11) is 0. The molecule has 30 heavy (non-hydrogen) atoms. The van der Waals surface area contributed by atoms with E-state index in [1.54, 1.807) is 6.07 Å². The first-order valence-electron chi connectivity index (χ1n) is 10.7. The number of H-pyrrole nitrogens is 1. The second-order valence-electron chi connectivity index (χ2n) is 8.71. The summed E-state index contributed by atoms with van der Waals surface area (Å²) in [4.78, 5) is 38.5. The monoisotopic (exact) mass is 402 g/mol. The molecule has 0 unspecified atom stereocenters. The average Bonchev–Trinajstić information content (AvgIpc) is 3.44. The fourth-order valence-corrected chi connectivity index (χ4v) is 4.77. The van der Waals surface area contributed by atoms with Gasteiger partial charge in [0.1, 0.15) is 5.82 Å². The molecule has 0 radical (unpaired) electrons. The number of aromatic amines is 1. The Kier molecular flexibility index (Phi) is 4.57. The van der Waals surface area contributed by atoms with Crippen molar-refractivity contribution in [1.82, 2.24) is 19.8 Å². The van der Waals surface area contributed by atoms with Crippen LogP contribution in [0.4, 0.5) is 0 Å². The lowest BCUT2D eigenvalue weighted by molar-refractivity contribution is 0.0708. The van der Waals surface area contributed by atoms with Crippen LogP contribution in [0.15, 0.2) is 42.5 Å². The van der Waals surface area contributed by atoms with Gasteiger partial charge in [-0.3, -0.25) is 9.59 Å². The molecule has 0 aliphatic carbocycles. The van der Waals surface area contributed by atoms with E-state index in [1.165, 1.54) is 0 Å². The summed E-state index contributed by atoms with van der Waals surface area (Å²) in [6, 6.07) is 13.5. The molecule has 5 rings (SSSR count). The molecular weight excluding hydrogens is 376 g/mol. The van der Waals surface area contributed by atoms with Crippen molar-refractivity contribution in [3.63, 3.8) is 0 Å². The molecule has 1 saturated heterocycles. The molecule has 2 aliphatic heterocycles. The Morgan fingerprint density at radius 3 is 2.83 bits per heavy atom. The van der Waals surface area contributed by atoms with Gasteiger partial charge in [-0.2, -0.15) is 0 Å². The maximum Gasteiger partial charge on any atom is 0.255 e. The normalized spacial score (nSPS) is 18.6. The minimum atomic E-state index is -0.0935. The highest BCUT2D eigenvalue weighted by Gasteiger charge is 2.37. The molecule has 1 N–H and O–H groups in total. The smallest absolute Gasteiger partial charge is 0.255 e. The lowest BCUT2D eigenvalue weighted by Crippen LogP contribution is -2.33. The number of para-hydroxylation sites is 2. The molecule has 0 bridgehead atoms. The minimum Gasteiger partial charge on any atom is -0.340 e. The number of aromatic nitrogens is 2. The number of likely N-dealkylation sites (tertiary alicyclic amines) is 1. The van der Waals surface area contributed by atoms with E-state index in [2.05, 4.69) is 18.8 Å². The molecule has 1 aromatic heterocycles. The third-order valence-corrected chi connectivity index (χ3v) is 6.07. The predicted molar refractivity (Wildman–Crippen MR) is 115 cm³/mol. The number of carbonyl (C=O) groups is 2. The zero-order chi connectivity index (χ0) is 20.8. The standard InChI is InChI=1S/C24H26N4O2/c1-15(2)13-27-14-16-7-5-8-17(21(16)24(27)30)23(29)28-12-6-11-20(28)22-25-18-9-3-4-10-19(18)26-22/h3-5,7-10,15,20H,6,11-14H2,1-2H3,(H,25,26)/t20-/m0/s1. The maximum atomic E-state index is 13.6. The van der Waals surface area contributed by atoms with Gasteiger partial charge in [-0.05, 0) is 42.5 Å². The number of nitrogens with one attached hydrogen (secondary N) is 1. The molecule has 2 amide bonds. The van der Waals surface area contributed by atoms with E-state index in [9.17, 15) is 9.59 Å². The summed E-state index contributed by atoms with van der Waals surface area (Å²) < 4.78 is 0. The van der Waals surface area contributed by atoms with Crippen molar-refractivity contribution in [2.24, 2.45) is 5.92 Å². The second kappa shape index (κ2) is 7.27. The summed E-state index contributed by atoms with van der Waals surface area (Å²) in [5.41, 5.74) is 3.94. The number of amides is 2. The van der Waals surface area contributed by atoms with Crippen LogP contribution in [0, 0.1) is 5.92 Å². The lowest BCUT2D eigenvalue weighted by atomic mass is 10.0. The van der Waals surface area contributed by atoms with Gasteiger partial charge in [0.15, 0.2) is 0 Å². The largest absolute Gasteiger partial charge is 0.340 e. The quantitative estimate of drug-likeness (QED) is 0.713. The number of carbonyl (C=O) groups excluding carboxylic acids is 2. The Labute approximate surface area is 175 Å². The summed E-state index contributed by atoms with van der Waals surface area (Å²) >= 11 is 0. The highest BCUT2D eigenvalue weighted by Crippen LogP contribution is 2.35. The van der Waals surface area contributed by atoms with E-state index in [0.29, 0.717) is 36.7 Å². The number of nitrogens with zero attached hydrogens (tertiary/aromatic N) is 3. The van der Waals surface area contributed by atoms with Crippen LogP contribution in [0.1, 0.15) is 64.8 Å². The predicted octanol–water partition coefficient (Wildman–Crippen LogP) is 4.15. The van der Waals surface area contributed by atoms with Crippen LogP contribution in [0.2, 0.25) is 0 Å². The molecule has 0 spiro atoms. The highest BCUT2D eigenvalue weighted by atomic mass is 16.2. The number of fused-ring (bicyclic) bond motifs is 2. The fourth-order valence-electron chi connectivity index (χ4n) is 4.77. The van der Waals surface area contributed by atoms with Crippen LogP contribution in [-0.4, -0.2) is 44.7 Å². The molecule has 3 heterocycles. The molecular formula is C24H26N4O2. The maximum absolute atomic E-state index is 13.6. The fraction of sp³-hybridized carbons (Fsp3) is 0.375. The van der Waals surface area contributed by atoms with E-state index in [0.717, 1.165) is 35.3 Å². The van der Waals surface area contributed by atoms with Gasteiger partial charge in [-0.15, -0.1) is 0 Å². The second-order valence-corrected chi connectivity index (χ2v) is 8.71. The first-order chi connectivity index (χ1) is 14.5. The summed E-state index contributed by atoms with van der Waals surface area (Å²) in [6.45, 7) is 6.16. The van der Waals surface area contributed by atoms with Gasteiger partial charge < -0.3 is 14.8 Å². The van der Waals surface area contributed by atoms with Crippen LogP contribution in [0.25, 0.3) is 11.0 Å². The summed E-state index contributed by atoms with van der Waals surface area (Å²) in [5, 5.41) is 0. The van der Waals surface area contributed by atoms with Crippen molar-refractivity contribution in [1.29, 1.82) is 0 Å². The SMILES string of the molecule is CC(C)CN1Cc2cccc(C(=O)N3CCC[C@H]3c3nc4ccccc4[nH]3)c2C1=O. The molecule has 0 saturated carbocycles. The highest BCUT2D eigenvalue weighted by molar-refractivity contribution is 6.09. The van der Waals surface area contributed by atoms with Gasteiger partial charge in [0.2, 0.25) is 0 Å². The molecule has 154 valence electrons. The average molecular weight is 402 g/mol. The third kappa shape index (κ3) is 3.07. The van der Waals surface area contributed by atoms with Crippen molar-refractivity contribution in [2.75, 3.05) is 13.1 Å². The van der Waals surface area contributed by atoms with Crippen molar-refractivity contribution in [3.8, 4) is 0 Å². The van der Waals surface area contributed by atoms with Gasteiger partial charge >= 0.3 is 0 Å². The molecule has 1 fully saturated rings. The molecule has 6 nitrogen and oxygen atoms in total. The molecule has 1 atom stereocenters. The van der Waals surface area contributed by atoms with Crippen molar-refractivity contribution < 1.29 is 9.59 Å². The third-order valence-electron chi connectivity index (χ3n) is 6.07. The Hall–Kier alpha value is -3.15. The molecule has 6 heteroatoms. The summed E-state index contributed by atoms with van der Waals surface area (Å²) in [5.74, 6) is 1.11. The van der Waals surface area contributed by atoms with E-state index >= 15 is 0 Å². The zero-order valence-electron chi connectivity index (χ0n) is 17.4. The molecule has 2 aliphatic rings. The van der Waals surface area contributed by atoms with E-state index in [1.807, 2.05) is 46.2 Å². The lowest BCUT2D eigenvalue weighted by Gasteiger charge is -2.24. The molecule has 2 aromatic carbocycles. The van der Waals surface area contributed by atoms with Crippen LogP contribution in [-0.2, 0) is 6.54 Å². The van der Waals surface area contributed by atoms with Gasteiger partial charge in [0, 0.05) is 19.6 Å². The Bertz CT molecular complexity index is 1100. The number of imidazole rings is 1. The van der Waals surface area contributed by atoms with Crippen molar-refractivity contribution >= 4 is 22.8 Å². The van der Waals surface area contributed by atoms with Crippen LogP contribution in [0.3, 0.4) is 0 Å². The zero-order valence-corrected chi connectivity index (χ0v) is 17.4. The Morgan fingerprint density at radius 2 is 2.03 bits per heavy atom. The number of hydrogen-bond donors (Lipinski definition) is 1. The van der Waals surface area contributed by atoms with Crippen LogP contribution in [0.5, 0.6) is 0 Å². The first-order valence-corrected chi connectivity index (χ1v) is 10.7. The van der Waals surface area contributed by atoms with Gasteiger partial charge in [-0.25, -0.2) is 4.98 Å².